The lowest BCUT2D eigenvalue weighted by molar-refractivity contribution is 1.01. The van der Waals surface area contributed by atoms with Gasteiger partial charge < -0.3 is 4.57 Å². The summed E-state index contributed by atoms with van der Waals surface area (Å²) < 4.78 is 2.24. The Labute approximate surface area is 124 Å². The van der Waals surface area contributed by atoms with Crippen LogP contribution in [0.25, 0.3) is 21.8 Å². The van der Waals surface area contributed by atoms with E-state index in [1.165, 1.54) is 21.8 Å². The Kier molecular flexibility index (Phi) is 9.19. The second-order valence-corrected chi connectivity index (χ2v) is 3.59. The van der Waals surface area contributed by atoms with Crippen molar-refractivity contribution >= 4 is 21.8 Å². The summed E-state index contributed by atoms with van der Waals surface area (Å²) in [6, 6.07) is 17.0. The number of aryl methyl sites for hydroxylation is 1. The number of rotatable bonds is 0. The molecule has 2 aromatic carbocycles. The smallest absolute Gasteiger partial charge is 0.0488 e. The van der Waals surface area contributed by atoms with Crippen molar-refractivity contribution in [2.45, 2.75) is 41.5 Å². The number of fused-ring (bicyclic) bond motifs is 3. The first-order valence-corrected chi connectivity index (χ1v) is 7.80. The molecule has 1 heterocycles. The van der Waals surface area contributed by atoms with Crippen molar-refractivity contribution in [2.24, 2.45) is 7.05 Å². The van der Waals surface area contributed by atoms with Gasteiger partial charge in [0.2, 0.25) is 0 Å². The van der Waals surface area contributed by atoms with E-state index in [1.54, 1.807) is 0 Å². The molecule has 0 N–H and O–H groups in total. The Morgan fingerprint density at radius 2 is 0.850 bits per heavy atom. The molecule has 0 aliphatic heterocycles. The van der Waals surface area contributed by atoms with E-state index in [-0.39, 0.29) is 0 Å². The second-order valence-electron chi connectivity index (χ2n) is 3.59. The third-order valence-corrected chi connectivity index (χ3v) is 2.82. The highest BCUT2D eigenvalue weighted by Gasteiger charge is 2.04. The topological polar surface area (TPSA) is 4.93 Å². The minimum absolute atomic E-state index is 1.30. The molecular weight excluding hydrogens is 242 g/mol. The van der Waals surface area contributed by atoms with E-state index >= 15 is 0 Å². The fraction of sp³-hybridized carbons (Fsp3) is 0.368. The first-order chi connectivity index (χ1) is 9.88. The van der Waals surface area contributed by atoms with Crippen LogP contribution in [-0.4, -0.2) is 4.57 Å². The standard InChI is InChI=1S/C13H11N.3C2H6/c1-14-12-8-4-2-6-10(12)11-7-3-5-9-13(11)14;3*1-2/h2-9H,1H3;3*1-2H3. The van der Waals surface area contributed by atoms with Crippen molar-refractivity contribution in [3.8, 4) is 0 Å². The van der Waals surface area contributed by atoms with Gasteiger partial charge in [-0.2, -0.15) is 0 Å². The van der Waals surface area contributed by atoms with E-state index in [9.17, 15) is 0 Å². The molecule has 0 bridgehead atoms. The molecule has 3 aromatic rings. The summed E-state index contributed by atoms with van der Waals surface area (Å²) in [5.74, 6) is 0. The summed E-state index contributed by atoms with van der Waals surface area (Å²) in [5.41, 5.74) is 2.60. The molecule has 0 radical (unpaired) electrons. The van der Waals surface area contributed by atoms with Gasteiger partial charge in [-0.15, -0.1) is 0 Å². The maximum Gasteiger partial charge on any atom is 0.0488 e. The van der Waals surface area contributed by atoms with Crippen LogP contribution in [0.3, 0.4) is 0 Å². The van der Waals surface area contributed by atoms with Gasteiger partial charge in [0.1, 0.15) is 0 Å². The molecular formula is C19H29N. The lowest BCUT2D eigenvalue weighted by Crippen LogP contribution is -1.84. The SMILES string of the molecule is CC.CC.CC.Cn1c2ccccc2c2ccccc21. The van der Waals surface area contributed by atoms with Gasteiger partial charge in [-0.3, -0.25) is 0 Å². The van der Waals surface area contributed by atoms with Crippen molar-refractivity contribution in [1.82, 2.24) is 4.57 Å². The second kappa shape index (κ2) is 10.1. The molecule has 110 valence electrons. The van der Waals surface area contributed by atoms with E-state index in [4.69, 9.17) is 0 Å². The third kappa shape index (κ3) is 3.63. The van der Waals surface area contributed by atoms with Crippen molar-refractivity contribution < 1.29 is 0 Å². The Bertz CT molecular complexity index is 552. The van der Waals surface area contributed by atoms with Gasteiger partial charge in [-0.05, 0) is 12.1 Å². The van der Waals surface area contributed by atoms with E-state index in [0.29, 0.717) is 0 Å². The number of hydrogen-bond donors (Lipinski definition) is 0. The highest BCUT2D eigenvalue weighted by Crippen LogP contribution is 2.26. The summed E-state index contributed by atoms with van der Waals surface area (Å²) in [7, 11) is 2.12. The van der Waals surface area contributed by atoms with Crippen LogP contribution in [0.15, 0.2) is 48.5 Å². The maximum absolute atomic E-state index is 2.24. The monoisotopic (exact) mass is 271 g/mol. The van der Waals surface area contributed by atoms with Crippen LogP contribution in [0.2, 0.25) is 0 Å². The highest BCUT2D eigenvalue weighted by molar-refractivity contribution is 6.07. The van der Waals surface area contributed by atoms with Crippen molar-refractivity contribution in [1.29, 1.82) is 0 Å². The van der Waals surface area contributed by atoms with E-state index in [1.807, 2.05) is 41.5 Å². The average molecular weight is 271 g/mol. The van der Waals surface area contributed by atoms with Gasteiger partial charge in [-0.1, -0.05) is 77.9 Å². The Morgan fingerprint density at radius 3 is 1.20 bits per heavy atom. The summed E-state index contributed by atoms with van der Waals surface area (Å²) in [6.07, 6.45) is 0. The molecule has 0 aliphatic rings. The van der Waals surface area contributed by atoms with Crippen LogP contribution >= 0.6 is 0 Å². The lowest BCUT2D eigenvalue weighted by Gasteiger charge is -1.95. The van der Waals surface area contributed by atoms with Crippen LogP contribution in [0.5, 0.6) is 0 Å². The Hall–Kier alpha value is -1.76. The summed E-state index contributed by atoms with van der Waals surface area (Å²) in [4.78, 5) is 0. The highest BCUT2D eigenvalue weighted by atomic mass is 14.9. The molecule has 0 amide bonds. The minimum atomic E-state index is 1.30. The quantitative estimate of drug-likeness (QED) is 0.445. The first kappa shape index (κ1) is 18.2. The molecule has 0 saturated carbocycles. The van der Waals surface area contributed by atoms with Crippen LogP contribution in [0, 0.1) is 0 Å². The lowest BCUT2D eigenvalue weighted by atomic mass is 10.2. The maximum atomic E-state index is 2.24. The zero-order valence-corrected chi connectivity index (χ0v) is 14.1. The van der Waals surface area contributed by atoms with Crippen molar-refractivity contribution in [3.05, 3.63) is 48.5 Å². The Balaban J connectivity index is 0.000000538. The molecule has 0 atom stereocenters. The number of aromatic nitrogens is 1. The largest absolute Gasteiger partial charge is 0.344 e. The normalized spacial score (nSPS) is 8.75. The molecule has 0 spiro atoms. The fourth-order valence-corrected chi connectivity index (χ4v) is 2.12. The van der Waals surface area contributed by atoms with Gasteiger partial charge in [-0.25, -0.2) is 0 Å². The van der Waals surface area contributed by atoms with Crippen LogP contribution in [0.1, 0.15) is 41.5 Å². The molecule has 1 nitrogen and oxygen atoms in total. The molecule has 0 unspecified atom stereocenters. The Morgan fingerprint density at radius 1 is 0.550 bits per heavy atom. The molecule has 0 aliphatic carbocycles. The van der Waals surface area contributed by atoms with Crippen LogP contribution < -0.4 is 0 Å². The van der Waals surface area contributed by atoms with E-state index in [2.05, 4.69) is 60.1 Å². The van der Waals surface area contributed by atoms with Gasteiger partial charge in [0.05, 0.1) is 0 Å². The zero-order valence-electron chi connectivity index (χ0n) is 14.1. The fourth-order valence-electron chi connectivity index (χ4n) is 2.12. The van der Waals surface area contributed by atoms with Gasteiger partial charge in [0, 0.05) is 28.9 Å². The number of para-hydroxylation sites is 2. The van der Waals surface area contributed by atoms with Crippen LogP contribution in [0.4, 0.5) is 0 Å². The minimum Gasteiger partial charge on any atom is -0.344 e. The van der Waals surface area contributed by atoms with Crippen molar-refractivity contribution in [3.63, 3.8) is 0 Å². The number of nitrogens with zero attached hydrogens (tertiary/aromatic N) is 1. The number of benzene rings is 2. The molecule has 20 heavy (non-hydrogen) atoms. The number of hydrogen-bond acceptors (Lipinski definition) is 0. The molecule has 0 saturated heterocycles. The predicted octanol–water partition coefficient (Wildman–Crippen LogP) is 6.41. The van der Waals surface area contributed by atoms with Gasteiger partial charge in [0.15, 0.2) is 0 Å². The first-order valence-electron chi connectivity index (χ1n) is 7.80. The zero-order chi connectivity index (χ0) is 15.5. The van der Waals surface area contributed by atoms with Crippen molar-refractivity contribution in [2.75, 3.05) is 0 Å². The average Bonchev–Trinajstić information content (AvgIpc) is 2.87. The molecule has 0 fully saturated rings. The van der Waals surface area contributed by atoms with Crippen LogP contribution in [-0.2, 0) is 7.05 Å². The molecule has 1 heteroatoms. The molecule has 3 rings (SSSR count). The van der Waals surface area contributed by atoms with E-state index in [0.717, 1.165) is 0 Å². The summed E-state index contributed by atoms with van der Waals surface area (Å²) in [5, 5.41) is 2.68. The summed E-state index contributed by atoms with van der Waals surface area (Å²) >= 11 is 0. The molecule has 1 aromatic heterocycles. The van der Waals surface area contributed by atoms with Gasteiger partial charge in [0.25, 0.3) is 0 Å². The third-order valence-electron chi connectivity index (χ3n) is 2.82. The van der Waals surface area contributed by atoms with E-state index < -0.39 is 0 Å². The summed E-state index contributed by atoms with van der Waals surface area (Å²) in [6.45, 7) is 12.0. The van der Waals surface area contributed by atoms with Gasteiger partial charge >= 0.3 is 0 Å². The predicted molar refractivity (Wildman–Crippen MR) is 94.5 cm³/mol.